The SMILES string of the molecule is NC(=O)Oc1cc2cc(Br)ccc2[nH]1. The average Bonchev–Trinajstić information content (AvgIpc) is 2.44. The van der Waals surface area contributed by atoms with Crippen molar-refractivity contribution < 1.29 is 9.53 Å². The summed E-state index contributed by atoms with van der Waals surface area (Å²) in [4.78, 5) is 13.4. The minimum Gasteiger partial charge on any atom is -0.393 e. The summed E-state index contributed by atoms with van der Waals surface area (Å²) in [6.07, 6.45) is -0.823. The van der Waals surface area contributed by atoms with E-state index in [4.69, 9.17) is 10.5 Å². The van der Waals surface area contributed by atoms with Crippen molar-refractivity contribution in [3.8, 4) is 5.88 Å². The maximum absolute atomic E-state index is 10.5. The van der Waals surface area contributed by atoms with E-state index in [1.807, 2.05) is 18.2 Å². The minimum absolute atomic E-state index is 0.352. The molecule has 0 atom stereocenters. The van der Waals surface area contributed by atoms with Crippen LogP contribution in [0.25, 0.3) is 10.9 Å². The lowest BCUT2D eigenvalue weighted by Gasteiger charge is -1.93. The summed E-state index contributed by atoms with van der Waals surface area (Å²) in [6, 6.07) is 7.41. The molecule has 4 nitrogen and oxygen atoms in total. The van der Waals surface area contributed by atoms with Crippen molar-refractivity contribution in [3.05, 3.63) is 28.7 Å². The quantitative estimate of drug-likeness (QED) is 0.821. The molecule has 14 heavy (non-hydrogen) atoms. The Balaban J connectivity index is 2.46. The third-order valence-corrected chi connectivity index (χ3v) is 2.26. The van der Waals surface area contributed by atoms with E-state index in [-0.39, 0.29) is 0 Å². The number of amides is 1. The monoisotopic (exact) mass is 254 g/mol. The van der Waals surface area contributed by atoms with Crippen molar-refractivity contribution in [3.63, 3.8) is 0 Å². The van der Waals surface area contributed by atoms with E-state index in [0.717, 1.165) is 15.4 Å². The number of carbonyl (C=O) groups excluding carboxylic acids is 1. The van der Waals surface area contributed by atoms with Gasteiger partial charge in [-0.25, -0.2) is 4.79 Å². The molecule has 3 N–H and O–H groups in total. The van der Waals surface area contributed by atoms with Crippen LogP contribution in [0, 0.1) is 0 Å². The van der Waals surface area contributed by atoms with Crippen molar-refractivity contribution >= 4 is 32.9 Å². The number of hydrogen-bond donors (Lipinski definition) is 2. The molecule has 72 valence electrons. The summed E-state index contributed by atoms with van der Waals surface area (Å²) in [5.74, 6) is 0.352. The van der Waals surface area contributed by atoms with Gasteiger partial charge in [0.2, 0.25) is 5.88 Å². The number of ether oxygens (including phenoxy) is 1. The first kappa shape index (κ1) is 9.08. The van der Waals surface area contributed by atoms with E-state index in [1.165, 1.54) is 0 Å². The zero-order valence-electron chi connectivity index (χ0n) is 7.08. The molecule has 2 aromatic rings. The van der Waals surface area contributed by atoms with E-state index in [2.05, 4.69) is 20.9 Å². The summed E-state index contributed by atoms with van der Waals surface area (Å²) in [7, 11) is 0. The number of aromatic amines is 1. The zero-order valence-corrected chi connectivity index (χ0v) is 8.67. The second-order valence-electron chi connectivity index (χ2n) is 2.79. The molecule has 0 aliphatic carbocycles. The normalized spacial score (nSPS) is 10.4. The molecule has 0 radical (unpaired) electrons. The molecule has 5 heteroatoms. The van der Waals surface area contributed by atoms with Crippen LogP contribution in [0.3, 0.4) is 0 Å². The van der Waals surface area contributed by atoms with Gasteiger partial charge >= 0.3 is 6.09 Å². The Morgan fingerprint density at radius 2 is 2.21 bits per heavy atom. The molecule has 1 aromatic carbocycles. The number of nitrogens with two attached hydrogens (primary N) is 1. The standard InChI is InChI=1S/C9H7BrN2O2/c10-6-1-2-7-5(3-6)4-8(12-7)14-9(11)13/h1-4,12H,(H2,11,13). The van der Waals surface area contributed by atoms with Gasteiger partial charge in [-0.1, -0.05) is 15.9 Å². The lowest BCUT2D eigenvalue weighted by atomic mass is 10.2. The first-order chi connectivity index (χ1) is 6.65. The van der Waals surface area contributed by atoms with E-state index in [0.29, 0.717) is 5.88 Å². The number of benzene rings is 1. The molecule has 0 unspecified atom stereocenters. The maximum Gasteiger partial charge on any atom is 0.411 e. The Bertz CT molecular complexity index is 493. The highest BCUT2D eigenvalue weighted by Gasteiger charge is 2.03. The Hall–Kier alpha value is -1.49. The Morgan fingerprint density at radius 1 is 1.43 bits per heavy atom. The molecular weight excluding hydrogens is 248 g/mol. The summed E-state index contributed by atoms with van der Waals surface area (Å²) in [5, 5.41) is 0.954. The zero-order chi connectivity index (χ0) is 10.1. The van der Waals surface area contributed by atoms with E-state index >= 15 is 0 Å². The lowest BCUT2D eigenvalue weighted by Crippen LogP contribution is -2.16. The number of H-pyrrole nitrogens is 1. The Kier molecular flexibility index (Phi) is 2.17. The highest BCUT2D eigenvalue weighted by molar-refractivity contribution is 9.10. The number of aromatic nitrogens is 1. The molecule has 1 heterocycles. The third-order valence-electron chi connectivity index (χ3n) is 1.77. The molecule has 0 aliphatic rings. The van der Waals surface area contributed by atoms with Crippen molar-refractivity contribution in [1.82, 2.24) is 4.98 Å². The molecule has 0 fully saturated rings. The second kappa shape index (κ2) is 3.34. The van der Waals surface area contributed by atoms with Crippen LogP contribution in [0.15, 0.2) is 28.7 Å². The molecule has 0 spiro atoms. The van der Waals surface area contributed by atoms with Crippen LogP contribution in [-0.4, -0.2) is 11.1 Å². The first-order valence-corrected chi connectivity index (χ1v) is 4.70. The maximum atomic E-state index is 10.5. The van der Waals surface area contributed by atoms with Gasteiger partial charge in [0.05, 0.1) is 0 Å². The van der Waals surface area contributed by atoms with Gasteiger partial charge in [0.1, 0.15) is 0 Å². The molecular formula is C9H7BrN2O2. The minimum atomic E-state index is -0.823. The summed E-state index contributed by atoms with van der Waals surface area (Å²) < 4.78 is 5.67. The van der Waals surface area contributed by atoms with Crippen molar-refractivity contribution in [1.29, 1.82) is 0 Å². The highest BCUT2D eigenvalue weighted by Crippen LogP contribution is 2.23. The van der Waals surface area contributed by atoms with Crippen molar-refractivity contribution in [2.24, 2.45) is 5.73 Å². The predicted octanol–water partition coefficient (Wildman–Crippen LogP) is 2.39. The van der Waals surface area contributed by atoms with Gasteiger partial charge in [-0.3, -0.25) is 0 Å². The molecule has 1 amide bonds. The van der Waals surface area contributed by atoms with Gasteiger partial charge in [-0.2, -0.15) is 0 Å². The van der Waals surface area contributed by atoms with Crippen LogP contribution < -0.4 is 10.5 Å². The smallest absolute Gasteiger partial charge is 0.393 e. The fraction of sp³-hybridized carbons (Fsp3) is 0. The molecule has 0 aliphatic heterocycles. The van der Waals surface area contributed by atoms with E-state index < -0.39 is 6.09 Å². The largest absolute Gasteiger partial charge is 0.411 e. The average molecular weight is 255 g/mol. The molecule has 0 saturated carbocycles. The number of halogens is 1. The van der Waals surface area contributed by atoms with Gasteiger partial charge in [0, 0.05) is 21.4 Å². The molecule has 2 rings (SSSR count). The van der Waals surface area contributed by atoms with Crippen molar-refractivity contribution in [2.75, 3.05) is 0 Å². The van der Waals surface area contributed by atoms with Gasteiger partial charge in [-0.15, -0.1) is 0 Å². The van der Waals surface area contributed by atoms with Crippen LogP contribution in [0.1, 0.15) is 0 Å². The fourth-order valence-corrected chi connectivity index (χ4v) is 1.62. The van der Waals surface area contributed by atoms with Gasteiger partial charge < -0.3 is 15.5 Å². The fourth-order valence-electron chi connectivity index (χ4n) is 1.24. The molecule has 0 saturated heterocycles. The van der Waals surface area contributed by atoms with Gasteiger partial charge in [0.15, 0.2) is 0 Å². The number of rotatable bonds is 1. The van der Waals surface area contributed by atoms with Crippen LogP contribution in [-0.2, 0) is 0 Å². The second-order valence-corrected chi connectivity index (χ2v) is 3.70. The predicted molar refractivity (Wildman–Crippen MR) is 56.2 cm³/mol. The van der Waals surface area contributed by atoms with Crippen LogP contribution in [0.5, 0.6) is 5.88 Å². The number of nitrogens with one attached hydrogen (secondary N) is 1. The third kappa shape index (κ3) is 1.72. The van der Waals surface area contributed by atoms with E-state index in [1.54, 1.807) is 6.07 Å². The van der Waals surface area contributed by atoms with Gasteiger partial charge in [-0.05, 0) is 18.2 Å². The summed E-state index contributed by atoms with van der Waals surface area (Å²) in [6.45, 7) is 0. The number of fused-ring (bicyclic) bond motifs is 1. The Labute approximate surface area is 88.2 Å². The van der Waals surface area contributed by atoms with Crippen LogP contribution in [0.2, 0.25) is 0 Å². The number of primary amides is 1. The van der Waals surface area contributed by atoms with Gasteiger partial charge in [0.25, 0.3) is 0 Å². The lowest BCUT2D eigenvalue weighted by molar-refractivity contribution is 0.209. The first-order valence-electron chi connectivity index (χ1n) is 3.91. The number of hydrogen-bond acceptors (Lipinski definition) is 2. The summed E-state index contributed by atoms with van der Waals surface area (Å²) >= 11 is 3.35. The number of carbonyl (C=O) groups is 1. The highest BCUT2D eigenvalue weighted by atomic mass is 79.9. The Morgan fingerprint density at radius 3 is 2.93 bits per heavy atom. The molecule has 1 aromatic heterocycles. The summed E-state index contributed by atoms with van der Waals surface area (Å²) in [5.41, 5.74) is 5.78. The van der Waals surface area contributed by atoms with Crippen molar-refractivity contribution in [2.45, 2.75) is 0 Å². The van der Waals surface area contributed by atoms with E-state index in [9.17, 15) is 4.79 Å². The topological polar surface area (TPSA) is 68.1 Å². The molecule has 0 bridgehead atoms. The van der Waals surface area contributed by atoms with Crippen LogP contribution in [0.4, 0.5) is 4.79 Å². The van der Waals surface area contributed by atoms with Crippen LogP contribution >= 0.6 is 15.9 Å².